The van der Waals surface area contributed by atoms with Crippen molar-refractivity contribution in [2.24, 2.45) is 0 Å². The van der Waals surface area contributed by atoms with Crippen molar-refractivity contribution >= 4 is 22.5 Å². The summed E-state index contributed by atoms with van der Waals surface area (Å²) >= 11 is 0. The summed E-state index contributed by atoms with van der Waals surface area (Å²) in [5, 5.41) is 9.69. The molecule has 176 valence electrons. The van der Waals surface area contributed by atoms with E-state index in [4.69, 9.17) is 5.26 Å². The second kappa shape index (κ2) is 9.02. The van der Waals surface area contributed by atoms with Crippen molar-refractivity contribution < 1.29 is 27.1 Å². The van der Waals surface area contributed by atoms with Crippen LogP contribution in [0.25, 0.3) is 10.9 Å². The monoisotopic (exact) mass is 465 g/mol. The highest BCUT2D eigenvalue weighted by Gasteiger charge is 2.37. The van der Waals surface area contributed by atoms with Crippen LogP contribution in [-0.4, -0.2) is 78.5 Å². The number of amides is 1. The average Bonchev–Trinajstić information content (AvgIpc) is 3.39. The molecule has 1 aromatic heterocycles. The lowest BCUT2D eigenvalue weighted by Crippen LogP contribution is -2.43. The summed E-state index contributed by atoms with van der Waals surface area (Å²) in [5.41, 5.74) is 0.816. The summed E-state index contributed by atoms with van der Waals surface area (Å²) in [4.78, 5) is 21.9. The van der Waals surface area contributed by atoms with Crippen LogP contribution in [-0.2, 0) is 4.79 Å². The molecule has 0 bridgehead atoms. The fourth-order valence-corrected chi connectivity index (χ4v) is 4.58. The van der Waals surface area contributed by atoms with Crippen LogP contribution in [0.5, 0.6) is 5.75 Å². The van der Waals surface area contributed by atoms with E-state index in [1.54, 1.807) is 18.2 Å². The molecule has 33 heavy (non-hydrogen) atoms. The number of nitriles is 1. The predicted molar refractivity (Wildman–Crippen MR) is 112 cm³/mol. The number of aromatic nitrogens is 1. The summed E-state index contributed by atoms with van der Waals surface area (Å²) in [7, 11) is 1.85. The number of hydrogen-bond donors (Lipinski definition) is 0. The molecule has 2 saturated heterocycles. The van der Waals surface area contributed by atoms with Gasteiger partial charge < -0.3 is 14.5 Å². The molecule has 3 atom stereocenters. The van der Waals surface area contributed by atoms with Crippen molar-refractivity contribution in [3.05, 3.63) is 30.5 Å². The van der Waals surface area contributed by atoms with Gasteiger partial charge in [-0.2, -0.15) is 5.26 Å². The molecule has 11 heteroatoms. The first-order valence-corrected chi connectivity index (χ1v) is 10.6. The molecule has 3 heterocycles. The van der Waals surface area contributed by atoms with Crippen molar-refractivity contribution in [2.75, 3.05) is 38.1 Å². The Morgan fingerprint density at radius 1 is 1.33 bits per heavy atom. The van der Waals surface area contributed by atoms with Gasteiger partial charge in [-0.3, -0.25) is 14.7 Å². The number of carbonyl (C=O) groups is 1. The Hall–Kier alpha value is -3.13. The molecule has 2 aliphatic rings. The predicted octanol–water partition coefficient (Wildman–Crippen LogP) is 3.11. The van der Waals surface area contributed by atoms with Gasteiger partial charge in [-0.05, 0) is 30.7 Å². The maximum absolute atomic E-state index is 13.6. The number of hydrogen-bond acceptors (Lipinski definition) is 6. The molecular weight excluding hydrogens is 442 g/mol. The molecule has 0 saturated carbocycles. The molecule has 7 nitrogen and oxygen atoms in total. The molecule has 2 fully saturated rings. The second-order valence-corrected chi connectivity index (χ2v) is 8.34. The summed E-state index contributed by atoms with van der Waals surface area (Å²) in [5.74, 6) is -0.633. The van der Waals surface area contributed by atoms with Gasteiger partial charge in [0, 0.05) is 49.9 Å². The molecule has 0 N–H and O–H groups in total. The normalized spacial score (nSPS) is 23.6. The molecule has 1 aromatic carbocycles. The van der Waals surface area contributed by atoms with Crippen LogP contribution in [0.4, 0.5) is 23.2 Å². The number of rotatable bonds is 5. The van der Waals surface area contributed by atoms with E-state index in [2.05, 4.69) is 9.72 Å². The van der Waals surface area contributed by atoms with Crippen LogP contribution >= 0.6 is 0 Å². The highest BCUT2D eigenvalue weighted by atomic mass is 19.4. The van der Waals surface area contributed by atoms with E-state index in [1.165, 1.54) is 17.2 Å². The first-order valence-electron chi connectivity index (χ1n) is 10.6. The largest absolute Gasteiger partial charge is 0.573 e. The third-order valence-electron chi connectivity index (χ3n) is 6.19. The smallest absolute Gasteiger partial charge is 0.403 e. The van der Waals surface area contributed by atoms with Gasteiger partial charge in [0.2, 0.25) is 5.91 Å². The van der Waals surface area contributed by atoms with Gasteiger partial charge in [0.05, 0.1) is 19.2 Å². The summed E-state index contributed by atoms with van der Waals surface area (Å²) in [6.45, 7) is 1.22. The van der Waals surface area contributed by atoms with E-state index in [0.717, 1.165) is 6.42 Å². The van der Waals surface area contributed by atoms with E-state index in [0.29, 0.717) is 24.2 Å². The number of halogens is 4. The van der Waals surface area contributed by atoms with E-state index < -0.39 is 18.6 Å². The third kappa shape index (κ3) is 4.95. The quantitative estimate of drug-likeness (QED) is 0.632. The standard InChI is InChI=1S/C22H23F4N5O2/c1-29(18-4-5-19(33-22(24,25)26)21-17(18)3-2-7-28-21)15-6-8-30(12-15)13-20(32)31-11-14(23)9-16(31)10-27/h2-5,7,14-16H,6,8-9,11-13H2,1H3/t14-,15-,16?/m0/s1. The van der Waals surface area contributed by atoms with E-state index in [-0.39, 0.29) is 42.7 Å². The number of nitrogens with zero attached hydrogens (tertiary/aromatic N) is 5. The SMILES string of the molecule is CN(c1ccc(OC(F)(F)F)c2ncccc12)[C@H]1CCN(CC(=O)N2C[C@@H](F)CC2C#N)C1. The fraction of sp³-hybridized carbons (Fsp3) is 0.500. The van der Waals surface area contributed by atoms with E-state index >= 15 is 0 Å². The van der Waals surface area contributed by atoms with Gasteiger partial charge in [0.15, 0.2) is 5.75 Å². The highest BCUT2D eigenvalue weighted by molar-refractivity contribution is 5.95. The van der Waals surface area contributed by atoms with Gasteiger partial charge in [-0.15, -0.1) is 13.2 Å². The molecule has 4 rings (SSSR count). The van der Waals surface area contributed by atoms with E-state index in [1.807, 2.05) is 22.9 Å². The minimum absolute atomic E-state index is 0.00913. The van der Waals surface area contributed by atoms with Crippen molar-refractivity contribution in [3.63, 3.8) is 0 Å². The lowest BCUT2D eigenvalue weighted by Gasteiger charge is -2.29. The Bertz CT molecular complexity index is 1070. The van der Waals surface area contributed by atoms with Crippen LogP contribution in [0.15, 0.2) is 30.5 Å². The molecule has 1 unspecified atom stereocenters. The van der Waals surface area contributed by atoms with Gasteiger partial charge in [-0.1, -0.05) is 0 Å². The van der Waals surface area contributed by atoms with Gasteiger partial charge in [0.25, 0.3) is 0 Å². The Morgan fingerprint density at radius 3 is 2.85 bits per heavy atom. The summed E-state index contributed by atoms with van der Waals surface area (Å²) in [6.07, 6.45) is -3.81. The molecule has 0 spiro atoms. The number of ether oxygens (including phenoxy) is 1. The van der Waals surface area contributed by atoms with Crippen molar-refractivity contribution in [1.82, 2.24) is 14.8 Å². The lowest BCUT2D eigenvalue weighted by molar-refractivity contribution is -0.274. The van der Waals surface area contributed by atoms with Crippen molar-refractivity contribution in [1.29, 1.82) is 5.26 Å². The molecule has 1 amide bonds. The number of alkyl halides is 4. The van der Waals surface area contributed by atoms with Gasteiger partial charge in [0.1, 0.15) is 17.7 Å². The Morgan fingerprint density at radius 2 is 2.12 bits per heavy atom. The van der Waals surface area contributed by atoms with Crippen LogP contribution in [0.1, 0.15) is 12.8 Å². The number of anilines is 1. The number of pyridine rings is 1. The van der Waals surface area contributed by atoms with Gasteiger partial charge >= 0.3 is 6.36 Å². The van der Waals surface area contributed by atoms with E-state index in [9.17, 15) is 22.4 Å². The molecule has 2 aromatic rings. The topological polar surface area (TPSA) is 72.7 Å². The molecule has 2 aliphatic heterocycles. The zero-order valence-corrected chi connectivity index (χ0v) is 17.9. The lowest BCUT2D eigenvalue weighted by atomic mass is 10.1. The molecule has 0 aliphatic carbocycles. The third-order valence-corrected chi connectivity index (χ3v) is 6.19. The first kappa shape index (κ1) is 23.0. The zero-order chi connectivity index (χ0) is 23.8. The number of likely N-dealkylation sites (tertiary alicyclic amines) is 2. The zero-order valence-electron chi connectivity index (χ0n) is 17.9. The number of carbonyl (C=O) groups excluding carboxylic acids is 1. The number of fused-ring (bicyclic) bond motifs is 1. The highest BCUT2D eigenvalue weighted by Crippen LogP contribution is 2.36. The number of likely N-dealkylation sites (N-methyl/N-ethyl adjacent to an activating group) is 1. The number of benzene rings is 1. The van der Waals surface area contributed by atoms with Crippen LogP contribution < -0.4 is 9.64 Å². The maximum Gasteiger partial charge on any atom is 0.573 e. The average molecular weight is 465 g/mol. The molecule has 0 radical (unpaired) electrons. The minimum Gasteiger partial charge on any atom is -0.403 e. The Balaban J connectivity index is 1.46. The van der Waals surface area contributed by atoms with Crippen molar-refractivity contribution in [2.45, 2.75) is 37.5 Å². The Labute approximate surface area is 188 Å². The van der Waals surface area contributed by atoms with Crippen molar-refractivity contribution in [3.8, 4) is 11.8 Å². The minimum atomic E-state index is -4.82. The summed E-state index contributed by atoms with van der Waals surface area (Å²) in [6, 6.07) is 7.43. The maximum atomic E-state index is 13.6. The van der Waals surface area contributed by atoms with Crippen LogP contribution in [0, 0.1) is 11.3 Å². The first-order chi connectivity index (χ1) is 15.7. The summed E-state index contributed by atoms with van der Waals surface area (Å²) < 4.78 is 56.1. The van der Waals surface area contributed by atoms with Gasteiger partial charge in [-0.25, -0.2) is 4.39 Å². The second-order valence-electron chi connectivity index (χ2n) is 8.34. The fourth-order valence-electron chi connectivity index (χ4n) is 4.58. The van der Waals surface area contributed by atoms with Crippen LogP contribution in [0.3, 0.4) is 0 Å². The molecular formula is C22H23F4N5O2. The van der Waals surface area contributed by atoms with Crippen LogP contribution in [0.2, 0.25) is 0 Å². The Kier molecular flexibility index (Phi) is 6.30.